The van der Waals surface area contributed by atoms with Crippen molar-refractivity contribution >= 4 is 23.4 Å². The van der Waals surface area contributed by atoms with Crippen LogP contribution in [0.1, 0.15) is 23.3 Å². The summed E-state index contributed by atoms with van der Waals surface area (Å²) in [5, 5.41) is 15.7. The van der Waals surface area contributed by atoms with Crippen molar-refractivity contribution in [3.05, 3.63) is 78.8 Å². The van der Waals surface area contributed by atoms with Crippen molar-refractivity contribution in [3.63, 3.8) is 0 Å². The Kier molecular flexibility index (Phi) is 5.99. The van der Waals surface area contributed by atoms with Crippen molar-refractivity contribution in [1.29, 1.82) is 0 Å². The van der Waals surface area contributed by atoms with E-state index in [-0.39, 0.29) is 40.8 Å². The van der Waals surface area contributed by atoms with E-state index < -0.39 is 11.7 Å². The minimum atomic E-state index is -0.695. The van der Waals surface area contributed by atoms with E-state index in [1.54, 1.807) is 24.5 Å². The average Bonchev–Trinajstić information content (AvgIpc) is 3.51. The Bertz CT molecular complexity index is 1370. The number of urea groups is 1. The van der Waals surface area contributed by atoms with Crippen LogP contribution in [0.25, 0.3) is 5.69 Å². The molecule has 3 amide bonds. The molecule has 35 heavy (non-hydrogen) atoms. The van der Waals surface area contributed by atoms with Gasteiger partial charge in [-0.2, -0.15) is 0 Å². The van der Waals surface area contributed by atoms with E-state index in [1.165, 1.54) is 41.3 Å². The standard InChI is InChI=1S/C23H19FN8O3/c24-18-10-15(27-22(33)19-13-32(31-30-19)16-2-1-8-25-12-16)5-6-20(18)35-17-7-9-26-21(11-17)29-23(34)28-14-3-4-14/h1-2,5-14H,3-4H2,(H,27,33)(H2,26,28,29,34). The van der Waals surface area contributed by atoms with Crippen LogP contribution < -0.4 is 20.7 Å². The lowest BCUT2D eigenvalue weighted by atomic mass is 10.2. The lowest BCUT2D eigenvalue weighted by Crippen LogP contribution is -2.30. The number of benzene rings is 1. The first kappa shape index (κ1) is 21.9. The molecule has 0 aliphatic heterocycles. The van der Waals surface area contributed by atoms with E-state index in [9.17, 15) is 14.0 Å². The van der Waals surface area contributed by atoms with E-state index in [0.717, 1.165) is 18.9 Å². The van der Waals surface area contributed by atoms with Gasteiger partial charge >= 0.3 is 6.03 Å². The van der Waals surface area contributed by atoms with Gasteiger partial charge in [0.25, 0.3) is 5.91 Å². The maximum absolute atomic E-state index is 14.7. The van der Waals surface area contributed by atoms with Crippen LogP contribution in [-0.2, 0) is 0 Å². The number of rotatable bonds is 7. The topological polar surface area (TPSA) is 136 Å². The zero-order valence-corrected chi connectivity index (χ0v) is 18.2. The second-order valence-corrected chi connectivity index (χ2v) is 7.71. The molecule has 1 aliphatic carbocycles. The number of carbonyl (C=O) groups excluding carboxylic acids is 2. The lowest BCUT2D eigenvalue weighted by molar-refractivity contribution is 0.102. The Hall–Kier alpha value is -4.87. The van der Waals surface area contributed by atoms with E-state index in [1.807, 2.05) is 0 Å². The van der Waals surface area contributed by atoms with Gasteiger partial charge in [0.05, 0.1) is 18.1 Å². The SMILES string of the molecule is O=C(Nc1cc(Oc2ccc(NC(=O)c3cn(-c4cccnc4)nn3)cc2F)ccn1)NC1CC1. The highest BCUT2D eigenvalue weighted by Crippen LogP contribution is 2.28. The highest BCUT2D eigenvalue weighted by atomic mass is 19.1. The summed E-state index contributed by atoms with van der Waals surface area (Å²) < 4.78 is 21.7. The molecule has 0 bridgehead atoms. The molecule has 3 heterocycles. The number of aromatic nitrogens is 5. The number of halogens is 1. The van der Waals surface area contributed by atoms with Crippen molar-refractivity contribution in [2.75, 3.05) is 10.6 Å². The molecule has 3 aromatic heterocycles. The third-order valence-corrected chi connectivity index (χ3v) is 4.94. The minimum Gasteiger partial charge on any atom is -0.454 e. The van der Waals surface area contributed by atoms with Crippen molar-refractivity contribution in [2.24, 2.45) is 0 Å². The fourth-order valence-electron chi connectivity index (χ4n) is 3.08. The molecule has 0 atom stereocenters. The Labute approximate surface area is 198 Å². The van der Waals surface area contributed by atoms with Gasteiger partial charge in [-0.1, -0.05) is 5.21 Å². The maximum atomic E-state index is 14.7. The van der Waals surface area contributed by atoms with Crippen LogP contribution >= 0.6 is 0 Å². The molecule has 1 saturated carbocycles. The largest absolute Gasteiger partial charge is 0.454 e. The number of hydrogen-bond acceptors (Lipinski definition) is 7. The number of anilines is 2. The third kappa shape index (κ3) is 5.55. The fourth-order valence-corrected chi connectivity index (χ4v) is 3.08. The van der Waals surface area contributed by atoms with Gasteiger partial charge in [-0.15, -0.1) is 5.10 Å². The summed E-state index contributed by atoms with van der Waals surface area (Å²) in [6, 6.07) is 10.4. The number of nitrogens with zero attached hydrogens (tertiary/aromatic N) is 5. The molecule has 12 heteroatoms. The highest BCUT2D eigenvalue weighted by molar-refractivity contribution is 6.02. The van der Waals surface area contributed by atoms with Crippen LogP contribution in [0.15, 0.2) is 67.3 Å². The first-order valence-electron chi connectivity index (χ1n) is 10.7. The zero-order chi connectivity index (χ0) is 24.2. The molecule has 5 rings (SSSR count). The Balaban J connectivity index is 1.22. The smallest absolute Gasteiger partial charge is 0.320 e. The molecule has 0 unspecified atom stereocenters. The molecular formula is C23H19FN8O3. The molecular weight excluding hydrogens is 455 g/mol. The molecule has 1 fully saturated rings. The Morgan fingerprint density at radius 2 is 1.97 bits per heavy atom. The van der Waals surface area contributed by atoms with Crippen LogP contribution in [0, 0.1) is 5.82 Å². The van der Waals surface area contributed by atoms with Crippen LogP contribution in [0.4, 0.5) is 20.7 Å². The van der Waals surface area contributed by atoms with Crippen molar-refractivity contribution in [3.8, 4) is 17.2 Å². The highest BCUT2D eigenvalue weighted by Gasteiger charge is 2.23. The lowest BCUT2D eigenvalue weighted by Gasteiger charge is -2.10. The van der Waals surface area contributed by atoms with E-state index in [2.05, 4.69) is 36.2 Å². The van der Waals surface area contributed by atoms with E-state index in [0.29, 0.717) is 5.69 Å². The van der Waals surface area contributed by atoms with Gasteiger partial charge in [-0.05, 0) is 43.2 Å². The van der Waals surface area contributed by atoms with Crippen LogP contribution in [0.2, 0.25) is 0 Å². The van der Waals surface area contributed by atoms with E-state index >= 15 is 0 Å². The number of ether oxygens (including phenoxy) is 1. The quantitative estimate of drug-likeness (QED) is 0.373. The van der Waals surface area contributed by atoms with E-state index in [4.69, 9.17) is 4.74 Å². The molecule has 4 aromatic rings. The number of hydrogen-bond donors (Lipinski definition) is 3. The first-order chi connectivity index (χ1) is 17.0. The van der Waals surface area contributed by atoms with Crippen molar-refractivity contribution in [1.82, 2.24) is 30.3 Å². The molecule has 1 aromatic carbocycles. The fraction of sp³-hybridized carbons (Fsp3) is 0.130. The van der Waals surface area contributed by atoms with Gasteiger partial charge in [0, 0.05) is 36.3 Å². The predicted octanol–water partition coefficient (Wildman–Crippen LogP) is 3.52. The summed E-state index contributed by atoms with van der Waals surface area (Å²) in [5.41, 5.74) is 0.909. The molecule has 0 spiro atoms. The second kappa shape index (κ2) is 9.55. The van der Waals surface area contributed by atoms with Crippen LogP contribution in [-0.4, -0.2) is 42.9 Å². The summed E-state index contributed by atoms with van der Waals surface area (Å²) in [7, 11) is 0. The first-order valence-corrected chi connectivity index (χ1v) is 10.7. The molecule has 0 saturated heterocycles. The van der Waals surface area contributed by atoms with Gasteiger partial charge in [0.2, 0.25) is 0 Å². The number of nitrogens with one attached hydrogen (secondary N) is 3. The number of amides is 3. The molecule has 176 valence electrons. The summed E-state index contributed by atoms with van der Waals surface area (Å²) in [6.45, 7) is 0. The van der Waals surface area contributed by atoms with Gasteiger partial charge in [-0.25, -0.2) is 18.9 Å². The second-order valence-electron chi connectivity index (χ2n) is 7.71. The van der Waals surface area contributed by atoms with Gasteiger partial charge in [0.15, 0.2) is 17.3 Å². The Morgan fingerprint density at radius 1 is 1.09 bits per heavy atom. The van der Waals surface area contributed by atoms with Gasteiger partial charge < -0.3 is 15.4 Å². The number of carbonyl (C=O) groups is 2. The minimum absolute atomic E-state index is 0.0529. The molecule has 0 radical (unpaired) electrons. The summed E-state index contributed by atoms with van der Waals surface area (Å²) in [4.78, 5) is 32.4. The molecule has 1 aliphatic rings. The summed E-state index contributed by atoms with van der Waals surface area (Å²) >= 11 is 0. The summed E-state index contributed by atoms with van der Waals surface area (Å²) in [6.07, 6.45) is 8.01. The predicted molar refractivity (Wildman–Crippen MR) is 123 cm³/mol. The summed E-state index contributed by atoms with van der Waals surface area (Å²) in [5.74, 6) is -0.763. The van der Waals surface area contributed by atoms with Crippen molar-refractivity contribution < 1.29 is 18.7 Å². The Morgan fingerprint density at radius 3 is 2.74 bits per heavy atom. The van der Waals surface area contributed by atoms with Gasteiger partial charge in [0.1, 0.15) is 11.6 Å². The monoisotopic (exact) mass is 474 g/mol. The number of pyridine rings is 2. The molecule has 3 N–H and O–H groups in total. The van der Waals surface area contributed by atoms with Crippen molar-refractivity contribution in [2.45, 2.75) is 18.9 Å². The van der Waals surface area contributed by atoms with Gasteiger partial charge in [-0.3, -0.25) is 15.1 Å². The molecule has 11 nitrogen and oxygen atoms in total. The third-order valence-electron chi connectivity index (χ3n) is 4.94. The zero-order valence-electron chi connectivity index (χ0n) is 18.2. The van der Waals surface area contributed by atoms with Crippen LogP contribution in [0.5, 0.6) is 11.5 Å². The maximum Gasteiger partial charge on any atom is 0.320 e. The normalized spacial score (nSPS) is 12.6. The average molecular weight is 474 g/mol. The van der Waals surface area contributed by atoms with Crippen LogP contribution in [0.3, 0.4) is 0 Å².